The molecule has 0 spiro atoms. The smallest absolute Gasteiger partial charge is 0.201 e. The van der Waals surface area contributed by atoms with Gasteiger partial charge in [0.25, 0.3) is 0 Å². The summed E-state index contributed by atoms with van der Waals surface area (Å²) in [5.41, 5.74) is 5.63. The van der Waals surface area contributed by atoms with Crippen molar-refractivity contribution < 1.29 is 17.9 Å². The van der Waals surface area contributed by atoms with Gasteiger partial charge in [-0.05, 0) is 37.2 Å². The van der Waals surface area contributed by atoms with E-state index in [1.54, 1.807) is 0 Å². The lowest BCUT2D eigenvalue weighted by atomic mass is 10.1. The second-order valence-corrected chi connectivity index (χ2v) is 3.91. The third-order valence-electron chi connectivity index (χ3n) is 2.61. The van der Waals surface area contributed by atoms with E-state index in [0.717, 1.165) is 6.07 Å². The van der Waals surface area contributed by atoms with Crippen molar-refractivity contribution in [3.05, 3.63) is 59.4 Å². The van der Waals surface area contributed by atoms with Gasteiger partial charge in [-0.15, -0.1) is 0 Å². The Morgan fingerprint density at radius 3 is 2.21 bits per heavy atom. The molecule has 2 nitrogen and oxygen atoms in total. The molecule has 0 aromatic heterocycles. The van der Waals surface area contributed by atoms with Gasteiger partial charge in [-0.2, -0.15) is 4.39 Å². The maximum absolute atomic E-state index is 13.6. The molecule has 19 heavy (non-hydrogen) atoms. The first-order chi connectivity index (χ1) is 9.13. The highest BCUT2D eigenvalue weighted by Gasteiger charge is 2.14. The molecule has 0 aliphatic heterocycles. The fraction of sp³-hybridized carbons (Fsp3) is 0.143. The molecular formula is C14H12F3NO. The van der Waals surface area contributed by atoms with Gasteiger partial charge in [-0.3, -0.25) is 0 Å². The second kappa shape index (κ2) is 5.75. The van der Waals surface area contributed by atoms with E-state index in [4.69, 9.17) is 10.5 Å². The Hall–Kier alpha value is -2.01. The van der Waals surface area contributed by atoms with Gasteiger partial charge in [-0.1, -0.05) is 12.1 Å². The summed E-state index contributed by atoms with van der Waals surface area (Å²) in [6.45, 7) is 0.225. The van der Waals surface area contributed by atoms with Crippen LogP contribution in [0.3, 0.4) is 0 Å². The van der Waals surface area contributed by atoms with Crippen molar-refractivity contribution in [2.75, 3.05) is 6.54 Å². The van der Waals surface area contributed by atoms with E-state index in [0.29, 0.717) is 0 Å². The standard InChI is InChI=1S/C14H12F3NO/c15-10-3-1-5-12(9(10)7-8-18)19-13-6-2-4-11(16)14(13)17/h1-6H,7-8,18H2. The minimum absolute atomic E-state index is 0.134. The second-order valence-electron chi connectivity index (χ2n) is 3.91. The largest absolute Gasteiger partial charge is 0.454 e. The van der Waals surface area contributed by atoms with Crippen LogP contribution in [0.4, 0.5) is 13.2 Å². The summed E-state index contributed by atoms with van der Waals surface area (Å²) in [5, 5.41) is 0. The molecule has 5 heteroatoms. The highest BCUT2D eigenvalue weighted by atomic mass is 19.2. The molecule has 0 amide bonds. The van der Waals surface area contributed by atoms with Gasteiger partial charge in [0.05, 0.1) is 0 Å². The highest BCUT2D eigenvalue weighted by molar-refractivity contribution is 5.39. The Kier molecular flexibility index (Phi) is 4.06. The zero-order valence-electron chi connectivity index (χ0n) is 10.00. The van der Waals surface area contributed by atoms with Gasteiger partial charge in [-0.25, -0.2) is 8.78 Å². The van der Waals surface area contributed by atoms with Crippen molar-refractivity contribution in [3.63, 3.8) is 0 Å². The fourth-order valence-electron chi connectivity index (χ4n) is 1.70. The van der Waals surface area contributed by atoms with Gasteiger partial charge < -0.3 is 10.5 Å². The molecular weight excluding hydrogens is 255 g/mol. The van der Waals surface area contributed by atoms with Crippen molar-refractivity contribution in [2.45, 2.75) is 6.42 Å². The summed E-state index contributed by atoms with van der Waals surface area (Å²) in [5.74, 6) is -2.77. The monoisotopic (exact) mass is 267 g/mol. The molecule has 0 aliphatic rings. The van der Waals surface area contributed by atoms with Gasteiger partial charge in [0.1, 0.15) is 11.6 Å². The molecule has 0 saturated heterocycles. The Balaban J connectivity index is 2.38. The summed E-state index contributed by atoms with van der Waals surface area (Å²) in [4.78, 5) is 0. The van der Waals surface area contributed by atoms with E-state index >= 15 is 0 Å². The van der Waals surface area contributed by atoms with Crippen LogP contribution < -0.4 is 10.5 Å². The number of hydrogen-bond acceptors (Lipinski definition) is 2. The van der Waals surface area contributed by atoms with Gasteiger partial charge in [0, 0.05) is 5.56 Å². The lowest BCUT2D eigenvalue weighted by molar-refractivity contribution is 0.409. The van der Waals surface area contributed by atoms with Crippen molar-refractivity contribution in [1.29, 1.82) is 0 Å². The minimum atomic E-state index is -1.11. The topological polar surface area (TPSA) is 35.2 Å². The molecule has 0 saturated carbocycles. The molecule has 0 unspecified atom stereocenters. The third-order valence-corrected chi connectivity index (χ3v) is 2.61. The molecule has 2 N–H and O–H groups in total. The molecule has 100 valence electrons. The van der Waals surface area contributed by atoms with Crippen molar-refractivity contribution >= 4 is 0 Å². The van der Waals surface area contributed by atoms with E-state index in [1.165, 1.54) is 30.3 Å². The summed E-state index contributed by atoms with van der Waals surface area (Å²) in [6.07, 6.45) is 0.249. The van der Waals surface area contributed by atoms with Gasteiger partial charge in [0.2, 0.25) is 5.82 Å². The van der Waals surface area contributed by atoms with Gasteiger partial charge >= 0.3 is 0 Å². The van der Waals surface area contributed by atoms with Crippen LogP contribution in [-0.4, -0.2) is 6.54 Å². The first-order valence-electron chi connectivity index (χ1n) is 5.73. The Morgan fingerprint density at radius 2 is 1.53 bits per heavy atom. The maximum Gasteiger partial charge on any atom is 0.201 e. The quantitative estimate of drug-likeness (QED) is 0.921. The van der Waals surface area contributed by atoms with E-state index in [-0.39, 0.29) is 30.0 Å². The molecule has 0 fully saturated rings. The van der Waals surface area contributed by atoms with Crippen LogP contribution in [0.1, 0.15) is 5.56 Å². The Bertz CT molecular complexity index is 587. The van der Waals surface area contributed by atoms with Crippen LogP contribution in [0.25, 0.3) is 0 Å². The van der Waals surface area contributed by atoms with E-state index < -0.39 is 17.5 Å². The van der Waals surface area contributed by atoms with Crippen LogP contribution >= 0.6 is 0 Å². The third kappa shape index (κ3) is 2.88. The molecule has 2 rings (SSSR count). The number of benzene rings is 2. The predicted molar refractivity (Wildman–Crippen MR) is 65.6 cm³/mol. The normalized spacial score (nSPS) is 10.5. The average molecular weight is 267 g/mol. The van der Waals surface area contributed by atoms with E-state index in [1.807, 2.05) is 0 Å². The number of nitrogens with two attached hydrogens (primary N) is 1. The lowest BCUT2D eigenvalue weighted by Gasteiger charge is -2.12. The number of halogens is 3. The summed E-state index contributed by atoms with van der Waals surface area (Å²) < 4.78 is 45.4. The van der Waals surface area contributed by atoms with Crippen LogP contribution in [0, 0.1) is 17.5 Å². The van der Waals surface area contributed by atoms with Crippen LogP contribution in [0.15, 0.2) is 36.4 Å². The molecule has 0 radical (unpaired) electrons. The van der Waals surface area contributed by atoms with Crippen molar-refractivity contribution in [1.82, 2.24) is 0 Å². The zero-order valence-corrected chi connectivity index (χ0v) is 10.00. The van der Waals surface area contributed by atoms with E-state index in [9.17, 15) is 13.2 Å². The first-order valence-corrected chi connectivity index (χ1v) is 5.73. The SMILES string of the molecule is NCCc1c(F)cccc1Oc1cccc(F)c1F. The summed E-state index contributed by atoms with van der Waals surface area (Å²) in [6, 6.07) is 7.75. The number of hydrogen-bond donors (Lipinski definition) is 1. The molecule has 0 aliphatic carbocycles. The molecule has 0 atom stereocenters. The van der Waals surface area contributed by atoms with E-state index in [2.05, 4.69) is 0 Å². The summed E-state index contributed by atoms with van der Waals surface area (Å²) in [7, 11) is 0. The first kappa shape index (κ1) is 13.4. The molecule has 0 bridgehead atoms. The average Bonchev–Trinajstić information content (AvgIpc) is 2.39. The number of ether oxygens (including phenoxy) is 1. The minimum Gasteiger partial charge on any atom is -0.454 e. The summed E-state index contributed by atoms with van der Waals surface area (Å²) >= 11 is 0. The van der Waals surface area contributed by atoms with Crippen molar-refractivity contribution in [2.24, 2.45) is 5.73 Å². The van der Waals surface area contributed by atoms with Crippen LogP contribution in [-0.2, 0) is 6.42 Å². The lowest BCUT2D eigenvalue weighted by Crippen LogP contribution is -2.06. The van der Waals surface area contributed by atoms with Crippen LogP contribution in [0.2, 0.25) is 0 Å². The Labute approximate surface area is 108 Å². The fourth-order valence-corrected chi connectivity index (χ4v) is 1.70. The van der Waals surface area contributed by atoms with Crippen LogP contribution in [0.5, 0.6) is 11.5 Å². The Morgan fingerprint density at radius 1 is 0.895 bits per heavy atom. The number of rotatable bonds is 4. The van der Waals surface area contributed by atoms with Crippen molar-refractivity contribution in [3.8, 4) is 11.5 Å². The predicted octanol–water partition coefficient (Wildman–Crippen LogP) is 3.40. The molecule has 2 aromatic rings. The maximum atomic E-state index is 13.6. The molecule has 0 heterocycles. The zero-order chi connectivity index (χ0) is 13.8. The highest BCUT2D eigenvalue weighted by Crippen LogP contribution is 2.29. The van der Waals surface area contributed by atoms with Gasteiger partial charge in [0.15, 0.2) is 11.6 Å². The molecule has 2 aromatic carbocycles.